The van der Waals surface area contributed by atoms with Gasteiger partial charge in [0, 0.05) is 19.7 Å². The van der Waals surface area contributed by atoms with Gasteiger partial charge in [-0.05, 0) is 37.3 Å². The van der Waals surface area contributed by atoms with Crippen molar-refractivity contribution in [2.75, 3.05) is 24.6 Å². The van der Waals surface area contributed by atoms with E-state index in [9.17, 15) is 0 Å². The minimum Gasteiger partial charge on any atom is -0.396 e. The lowest BCUT2D eigenvalue weighted by Crippen LogP contribution is -2.21. The maximum atomic E-state index is 8.91. The minimum absolute atomic E-state index is 0.291. The molecule has 4 nitrogen and oxygen atoms in total. The highest BCUT2D eigenvalue weighted by Crippen LogP contribution is 2.23. The summed E-state index contributed by atoms with van der Waals surface area (Å²) in [6, 6.07) is 4.09. The fourth-order valence-corrected chi connectivity index (χ4v) is 2.17. The van der Waals surface area contributed by atoms with Crippen LogP contribution < -0.4 is 4.90 Å². The van der Waals surface area contributed by atoms with E-state index in [4.69, 9.17) is 5.11 Å². The van der Waals surface area contributed by atoms with Crippen LogP contribution in [0, 0.1) is 5.92 Å². The van der Waals surface area contributed by atoms with E-state index in [-0.39, 0.29) is 0 Å². The lowest BCUT2D eigenvalue weighted by molar-refractivity contribution is 0.263. The first-order chi connectivity index (χ1) is 7.83. The van der Waals surface area contributed by atoms with Crippen molar-refractivity contribution in [3.05, 3.63) is 17.8 Å². The van der Waals surface area contributed by atoms with Crippen LogP contribution >= 0.6 is 0 Å². The van der Waals surface area contributed by atoms with E-state index < -0.39 is 0 Å². The molecule has 0 spiro atoms. The fraction of sp³-hybridized carbons (Fsp3) is 0.667. The van der Waals surface area contributed by atoms with E-state index in [0.29, 0.717) is 12.5 Å². The van der Waals surface area contributed by atoms with E-state index in [1.165, 1.54) is 0 Å². The molecule has 1 unspecified atom stereocenters. The van der Waals surface area contributed by atoms with Crippen molar-refractivity contribution in [2.45, 2.75) is 26.2 Å². The number of rotatable bonds is 4. The van der Waals surface area contributed by atoms with E-state index >= 15 is 0 Å². The molecular weight excluding hydrogens is 202 g/mol. The molecule has 1 N–H and O–H groups in total. The monoisotopic (exact) mass is 221 g/mol. The molecule has 0 radical (unpaired) electrons. The summed E-state index contributed by atoms with van der Waals surface area (Å²) in [7, 11) is 0. The Kier molecular flexibility index (Phi) is 3.72. The molecule has 4 heteroatoms. The maximum Gasteiger partial charge on any atom is 0.151 e. The van der Waals surface area contributed by atoms with E-state index in [2.05, 4.69) is 22.0 Å². The van der Waals surface area contributed by atoms with Crippen molar-refractivity contribution in [3.8, 4) is 0 Å². The highest BCUT2D eigenvalue weighted by molar-refractivity contribution is 5.38. The van der Waals surface area contributed by atoms with E-state index in [1.54, 1.807) is 0 Å². The highest BCUT2D eigenvalue weighted by atomic mass is 16.3. The molecule has 2 rings (SSSR count). The zero-order valence-electron chi connectivity index (χ0n) is 9.76. The Morgan fingerprint density at radius 2 is 2.31 bits per heavy atom. The van der Waals surface area contributed by atoms with Gasteiger partial charge in [-0.3, -0.25) is 0 Å². The predicted molar refractivity (Wildman–Crippen MR) is 63.4 cm³/mol. The van der Waals surface area contributed by atoms with Gasteiger partial charge in [-0.25, -0.2) is 0 Å². The van der Waals surface area contributed by atoms with Crippen molar-refractivity contribution in [1.82, 2.24) is 10.2 Å². The summed E-state index contributed by atoms with van der Waals surface area (Å²) in [6.07, 6.45) is 2.98. The molecule has 1 aromatic heterocycles. The number of aliphatic hydroxyl groups excluding tert-OH is 1. The maximum absolute atomic E-state index is 8.91. The molecule has 1 atom stereocenters. The van der Waals surface area contributed by atoms with Crippen LogP contribution in [-0.2, 0) is 6.42 Å². The predicted octanol–water partition coefficient (Wildman–Crippen LogP) is 1.25. The second-order valence-corrected chi connectivity index (χ2v) is 4.35. The van der Waals surface area contributed by atoms with Gasteiger partial charge in [-0.2, -0.15) is 5.10 Å². The van der Waals surface area contributed by atoms with Crippen LogP contribution in [0.3, 0.4) is 0 Å². The van der Waals surface area contributed by atoms with Crippen molar-refractivity contribution in [1.29, 1.82) is 0 Å². The van der Waals surface area contributed by atoms with Gasteiger partial charge in [0.25, 0.3) is 0 Å². The third-order valence-corrected chi connectivity index (χ3v) is 3.22. The molecule has 16 heavy (non-hydrogen) atoms. The van der Waals surface area contributed by atoms with Gasteiger partial charge in [0.05, 0.1) is 5.69 Å². The summed E-state index contributed by atoms with van der Waals surface area (Å²) < 4.78 is 0. The first kappa shape index (κ1) is 11.3. The Hall–Kier alpha value is -1.16. The first-order valence-corrected chi connectivity index (χ1v) is 6.02. The van der Waals surface area contributed by atoms with Gasteiger partial charge in [0.1, 0.15) is 0 Å². The summed E-state index contributed by atoms with van der Waals surface area (Å²) in [4.78, 5) is 2.26. The molecule has 88 valence electrons. The van der Waals surface area contributed by atoms with E-state index in [1.807, 2.05) is 12.1 Å². The van der Waals surface area contributed by atoms with Gasteiger partial charge in [-0.1, -0.05) is 6.92 Å². The van der Waals surface area contributed by atoms with Crippen LogP contribution in [0.5, 0.6) is 0 Å². The summed E-state index contributed by atoms with van der Waals surface area (Å²) in [5.41, 5.74) is 1.04. The largest absolute Gasteiger partial charge is 0.396 e. The zero-order chi connectivity index (χ0) is 11.4. The van der Waals surface area contributed by atoms with Gasteiger partial charge < -0.3 is 10.0 Å². The van der Waals surface area contributed by atoms with Crippen molar-refractivity contribution < 1.29 is 5.11 Å². The Labute approximate surface area is 96.3 Å². The molecule has 2 heterocycles. The summed E-state index contributed by atoms with van der Waals surface area (Å²) in [5, 5.41) is 17.3. The van der Waals surface area contributed by atoms with Crippen LogP contribution in [-0.4, -0.2) is 35.0 Å². The quantitative estimate of drug-likeness (QED) is 0.831. The number of hydrogen-bond donors (Lipinski definition) is 1. The lowest BCUT2D eigenvalue weighted by atomic mass is 10.1. The third kappa shape index (κ3) is 2.50. The second kappa shape index (κ2) is 5.25. The Morgan fingerprint density at radius 3 is 2.94 bits per heavy atom. The zero-order valence-corrected chi connectivity index (χ0v) is 9.76. The SMILES string of the molecule is CCc1ccc(N2CCC(CCO)C2)nn1. The number of nitrogens with zero attached hydrogens (tertiary/aromatic N) is 3. The summed E-state index contributed by atoms with van der Waals surface area (Å²) >= 11 is 0. The average molecular weight is 221 g/mol. The molecule has 1 aromatic rings. The van der Waals surface area contributed by atoms with Gasteiger partial charge in [0.2, 0.25) is 0 Å². The van der Waals surface area contributed by atoms with Crippen molar-refractivity contribution in [3.63, 3.8) is 0 Å². The van der Waals surface area contributed by atoms with Crippen LogP contribution in [0.4, 0.5) is 5.82 Å². The lowest BCUT2D eigenvalue weighted by Gasteiger charge is -2.16. The van der Waals surface area contributed by atoms with Crippen molar-refractivity contribution >= 4 is 5.82 Å². The number of aliphatic hydroxyl groups is 1. The Balaban J connectivity index is 1.97. The number of aryl methyl sites for hydroxylation is 1. The van der Waals surface area contributed by atoms with Gasteiger partial charge >= 0.3 is 0 Å². The molecule has 0 aliphatic carbocycles. The second-order valence-electron chi connectivity index (χ2n) is 4.35. The molecule has 0 bridgehead atoms. The van der Waals surface area contributed by atoms with E-state index in [0.717, 1.165) is 43.9 Å². The standard InChI is InChI=1S/C12H19N3O/c1-2-11-3-4-12(14-13-11)15-7-5-10(9-15)6-8-16/h3-4,10,16H,2,5-9H2,1H3. The normalized spacial score (nSPS) is 20.4. The fourth-order valence-electron chi connectivity index (χ4n) is 2.17. The smallest absolute Gasteiger partial charge is 0.151 e. The van der Waals surface area contributed by atoms with Crippen LogP contribution in [0.1, 0.15) is 25.5 Å². The average Bonchev–Trinajstić information content (AvgIpc) is 2.78. The van der Waals surface area contributed by atoms with Gasteiger partial charge in [0.15, 0.2) is 5.82 Å². The van der Waals surface area contributed by atoms with Crippen molar-refractivity contribution in [2.24, 2.45) is 5.92 Å². The number of hydrogen-bond acceptors (Lipinski definition) is 4. The van der Waals surface area contributed by atoms with Gasteiger partial charge in [-0.15, -0.1) is 5.10 Å². The molecule has 1 aliphatic heterocycles. The van der Waals surface area contributed by atoms with Crippen LogP contribution in [0.15, 0.2) is 12.1 Å². The molecule has 0 aromatic carbocycles. The summed E-state index contributed by atoms with van der Waals surface area (Å²) in [5.74, 6) is 1.58. The third-order valence-electron chi connectivity index (χ3n) is 3.22. The number of anilines is 1. The molecular formula is C12H19N3O. The Morgan fingerprint density at radius 1 is 1.44 bits per heavy atom. The minimum atomic E-state index is 0.291. The molecule has 0 amide bonds. The number of aromatic nitrogens is 2. The first-order valence-electron chi connectivity index (χ1n) is 6.02. The highest BCUT2D eigenvalue weighted by Gasteiger charge is 2.22. The molecule has 1 aliphatic rings. The van der Waals surface area contributed by atoms with Crippen LogP contribution in [0.25, 0.3) is 0 Å². The molecule has 1 fully saturated rings. The molecule has 1 saturated heterocycles. The topological polar surface area (TPSA) is 49.2 Å². The summed E-state index contributed by atoms with van der Waals surface area (Å²) in [6.45, 7) is 4.40. The Bertz CT molecular complexity index is 326. The molecule has 0 saturated carbocycles. The van der Waals surface area contributed by atoms with Crippen LogP contribution in [0.2, 0.25) is 0 Å².